The van der Waals surface area contributed by atoms with E-state index < -0.39 is 29.3 Å². The summed E-state index contributed by atoms with van der Waals surface area (Å²) < 4.78 is 6.14. The van der Waals surface area contributed by atoms with Gasteiger partial charge in [-0.1, -0.05) is 47.6 Å². The lowest BCUT2D eigenvalue weighted by molar-refractivity contribution is -0.166. The second-order valence-electron chi connectivity index (χ2n) is 13.9. The van der Waals surface area contributed by atoms with Crippen molar-refractivity contribution in [1.82, 2.24) is 4.90 Å². The van der Waals surface area contributed by atoms with Crippen molar-refractivity contribution in [2.45, 2.75) is 105 Å². The van der Waals surface area contributed by atoms with Crippen molar-refractivity contribution in [2.24, 2.45) is 28.1 Å². The zero-order chi connectivity index (χ0) is 28.9. The fourth-order valence-corrected chi connectivity index (χ4v) is 7.14. The number of carbonyl (C=O) groups is 3. The number of ketones is 1. The Kier molecular flexibility index (Phi) is 7.85. The number of aliphatic hydroxyl groups excluding tert-OH is 1. The molecule has 1 amide bonds. The Balaban J connectivity index is 1.43. The predicted octanol–water partition coefficient (Wildman–Crippen LogP) is 4.37. The Labute approximate surface area is 231 Å². The van der Waals surface area contributed by atoms with E-state index in [-0.39, 0.29) is 53.2 Å². The first kappa shape index (κ1) is 29.4. The Morgan fingerprint density at radius 3 is 2.36 bits per heavy atom. The minimum Gasteiger partial charge on any atom is -0.504 e. The zero-order valence-corrected chi connectivity index (χ0v) is 24.2. The molecule has 0 radical (unpaired) electrons. The topological polar surface area (TPSA) is 124 Å². The first-order valence-electron chi connectivity index (χ1n) is 14.3. The lowest BCUT2D eigenvalue weighted by atomic mass is 9.70. The van der Waals surface area contributed by atoms with Crippen molar-refractivity contribution >= 4 is 17.7 Å². The van der Waals surface area contributed by atoms with Crippen LogP contribution in [0.1, 0.15) is 85.6 Å². The number of aromatic hydroxyl groups is 2. The predicted molar refractivity (Wildman–Crippen MR) is 146 cm³/mol. The molecule has 2 saturated carbocycles. The number of fused-ring (bicyclic) bond motifs is 2. The summed E-state index contributed by atoms with van der Waals surface area (Å²) in [7, 11) is 0. The highest BCUT2D eigenvalue weighted by Gasteiger charge is 2.63. The van der Waals surface area contributed by atoms with Gasteiger partial charge < -0.3 is 25.0 Å². The molecule has 0 spiro atoms. The van der Waals surface area contributed by atoms with Crippen LogP contribution in [0.2, 0.25) is 0 Å². The van der Waals surface area contributed by atoms with Crippen LogP contribution in [-0.2, 0) is 25.5 Å². The van der Waals surface area contributed by atoms with Gasteiger partial charge in [-0.2, -0.15) is 0 Å². The molecule has 2 aliphatic carbocycles. The lowest BCUT2D eigenvalue weighted by Crippen LogP contribution is -2.49. The summed E-state index contributed by atoms with van der Waals surface area (Å²) in [6.07, 6.45) is 2.57. The number of nitrogens with zero attached hydrogens (tertiary/aromatic N) is 1. The number of carbonyl (C=O) groups excluding carboxylic acids is 3. The van der Waals surface area contributed by atoms with Crippen LogP contribution in [0.5, 0.6) is 11.5 Å². The quantitative estimate of drug-likeness (QED) is 0.328. The molecule has 3 unspecified atom stereocenters. The summed E-state index contributed by atoms with van der Waals surface area (Å²) in [6, 6.07) is 3.47. The normalized spacial score (nSPS) is 29.3. The summed E-state index contributed by atoms with van der Waals surface area (Å²) in [5.74, 6) is -1.88. The van der Waals surface area contributed by atoms with Crippen molar-refractivity contribution in [3.05, 3.63) is 23.8 Å². The molecule has 1 aromatic rings. The van der Waals surface area contributed by atoms with E-state index in [1.807, 2.05) is 20.8 Å². The second kappa shape index (κ2) is 10.4. The number of amides is 1. The molecule has 1 aliphatic heterocycles. The molecule has 8 heteroatoms. The molecule has 1 saturated heterocycles. The van der Waals surface area contributed by atoms with Crippen molar-refractivity contribution in [2.75, 3.05) is 6.54 Å². The molecule has 39 heavy (non-hydrogen) atoms. The van der Waals surface area contributed by atoms with E-state index in [4.69, 9.17) is 4.74 Å². The van der Waals surface area contributed by atoms with E-state index in [1.165, 1.54) is 18.2 Å². The third-order valence-corrected chi connectivity index (χ3v) is 10.4. The van der Waals surface area contributed by atoms with Crippen molar-refractivity contribution in [1.29, 1.82) is 0 Å². The van der Waals surface area contributed by atoms with Gasteiger partial charge in [0.1, 0.15) is 18.2 Å². The number of aliphatic hydroxyl groups is 1. The Bertz CT molecular complexity index is 1120. The van der Waals surface area contributed by atoms with Crippen LogP contribution in [0.4, 0.5) is 0 Å². The maximum absolute atomic E-state index is 13.9. The number of Topliss-reactive ketones (excluding diaryl/α,β-unsaturated/α-hetero) is 1. The summed E-state index contributed by atoms with van der Waals surface area (Å²) in [4.78, 5) is 42.0. The second-order valence-corrected chi connectivity index (χ2v) is 13.9. The van der Waals surface area contributed by atoms with E-state index in [9.17, 15) is 29.7 Å². The Morgan fingerprint density at radius 2 is 1.79 bits per heavy atom. The number of benzene rings is 1. The number of phenolic OH excluding ortho intramolecular Hbond substituents is 2. The number of rotatable bonds is 8. The maximum atomic E-state index is 13.9. The standard InChI is InChI=1S/C31H45NO7/c1-29(2,3)20(17-25(36)24(35)15-18-9-10-22(33)23(34)14-18)27(37)32-13-7-8-21(32)28(38)39-26-16-19-11-12-31(26,6)30(19,4)5/h9-10,14,19-21,24,26,33-35H,7-8,11-13,15-17H2,1-6H3/t19?,20-,21+,24-,26?,31?/m1/s1. The average Bonchev–Trinajstić information content (AvgIpc) is 3.47. The molecule has 8 nitrogen and oxygen atoms in total. The first-order valence-corrected chi connectivity index (χ1v) is 14.3. The zero-order valence-electron chi connectivity index (χ0n) is 24.2. The highest BCUT2D eigenvalue weighted by atomic mass is 16.5. The van der Waals surface area contributed by atoms with Crippen LogP contribution in [-0.4, -0.2) is 62.7 Å². The summed E-state index contributed by atoms with van der Waals surface area (Å²) >= 11 is 0. The first-order chi connectivity index (χ1) is 18.1. The van der Waals surface area contributed by atoms with E-state index in [0.717, 1.165) is 19.3 Å². The van der Waals surface area contributed by atoms with Gasteiger partial charge in [-0.05, 0) is 66.5 Å². The molecule has 4 rings (SSSR count). The number of ether oxygens (including phenoxy) is 1. The van der Waals surface area contributed by atoms with Gasteiger partial charge in [0.05, 0.1) is 0 Å². The van der Waals surface area contributed by atoms with Gasteiger partial charge in [0.25, 0.3) is 0 Å². The van der Waals surface area contributed by atoms with Gasteiger partial charge in [-0.15, -0.1) is 0 Å². The molecule has 2 bridgehead atoms. The lowest BCUT2D eigenvalue weighted by Gasteiger charge is -2.39. The van der Waals surface area contributed by atoms with Crippen molar-refractivity contribution < 1.29 is 34.4 Å². The van der Waals surface area contributed by atoms with Gasteiger partial charge in [-0.25, -0.2) is 4.79 Å². The molecule has 3 aliphatic rings. The van der Waals surface area contributed by atoms with Crippen LogP contribution < -0.4 is 0 Å². The fourth-order valence-electron chi connectivity index (χ4n) is 7.14. The van der Waals surface area contributed by atoms with Gasteiger partial charge in [0.15, 0.2) is 17.3 Å². The summed E-state index contributed by atoms with van der Waals surface area (Å²) in [5.41, 5.74) is -0.0428. The molecule has 216 valence electrons. The molecule has 3 fully saturated rings. The largest absolute Gasteiger partial charge is 0.504 e. The number of hydrogen-bond donors (Lipinski definition) is 3. The van der Waals surface area contributed by atoms with Gasteiger partial charge in [0.2, 0.25) is 5.91 Å². The smallest absolute Gasteiger partial charge is 0.329 e. The summed E-state index contributed by atoms with van der Waals surface area (Å²) in [5, 5.41) is 29.8. The van der Waals surface area contributed by atoms with E-state index in [0.29, 0.717) is 30.9 Å². The molecule has 1 aromatic carbocycles. The minimum absolute atomic E-state index is 0.0477. The molecule has 0 aromatic heterocycles. The van der Waals surface area contributed by atoms with Gasteiger partial charge in [0, 0.05) is 30.7 Å². The van der Waals surface area contributed by atoms with Gasteiger partial charge >= 0.3 is 5.97 Å². The molecular weight excluding hydrogens is 498 g/mol. The monoisotopic (exact) mass is 543 g/mol. The molecule has 1 heterocycles. The van der Waals surface area contributed by atoms with Crippen LogP contribution >= 0.6 is 0 Å². The molecule has 6 atom stereocenters. The number of likely N-dealkylation sites (tertiary alicyclic amines) is 1. The molecular formula is C31H45NO7. The van der Waals surface area contributed by atoms with Crippen LogP contribution in [0.25, 0.3) is 0 Å². The fraction of sp³-hybridized carbons (Fsp3) is 0.710. The number of esters is 1. The maximum Gasteiger partial charge on any atom is 0.329 e. The number of phenols is 2. The summed E-state index contributed by atoms with van der Waals surface area (Å²) in [6.45, 7) is 12.9. The van der Waals surface area contributed by atoms with E-state index in [2.05, 4.69) is 20.8 Å². The van der Waals surface area contributed by atoms with Crippen LogP contribution in [0.15, 0.2) is 18.2 Å². The highest BCUT2D eigenvalue weighted by molar-refractivity contribution is 5.92. The number of hydrogen-bond acceptors (Lipinski definition) is 7. The van der Waals surface area contributed by atoms with Crippen LogP contribution in [0, 0.1) is 28.1 Å². The highest BCUT2D eigenvalue weighted by Crippen LogP contribution is 2.66. The minimum atomic E-state index is -1.37. The Morgan fingerprint density at radius 1 is 1.10 bits per heavy atom. The van der Waals surface area contributed by atoms with Crippen molar-refractivity contribution in [3.63, 3.8) is 0 Å². The third-order valence-electron chi connectivity index (χ3n) is 10.4. The Hall–Kier alpha value is -2.61. The third kappa shape index (κ3) is 5.41. The van der Waals surface area contributed by atoms with Crippen LogP contribution in [0.3, 0.4) is 0 Å². The van der Waals surface area contributed by atoms with Gasteiger partial charge in [-0.3, -0.25) is 9.59 Å². The van der Waals surface area contributed by atoms with Crippen molar-refractivity contribution in [3.8, 4) is 11.5 Å². The SMILES string of the molecule is CC(C)(C)[C@H](CC(=O)[C@H](O)Cc1ccc(O)c(O)c1)C(=O)N1CCC[C@H]1C(=O)OC1CC2CCC1(C)C2(C)C. The van der Waals surface area contributed by atoms with E-state index in [1.54, 1.807) is 4.90 Å². The van der Waals surface area contributed by atoms with E-state index >= 15 is 0 Å². The molecule has 3 N–H and O–H groups in total. The average molecular weight is 544 g/mol.